The predicted octanol–water partition coefficient (Wildman–Crippen LogP) is 0.0263. The average molecular weight is 302 g/mol. The molecule has 1 aromatic rings. The van der Waals surface area contributed by atoms with Crippen LogP contribution in [0.2, 0.25) is 0 Å². The Hall–Kier alpha value is -2.00. The lowest BCUT2D eigenvalue weighted by Gasteiger charge is -2.14. The molecule has 0 aliphatic carbocycles. The summed E-state index contributed by atoms with van der Waals surface area (Å²) >= 11 is 0. The average Bonchev–Trinajstić information content (AvgIpc) is 2.35. The van der Waals surface area contributed by atoms with Crippen molar-refractivity contribution in [3.8, 4) is 0 Å². The Balaban J connectivity index is 2.85. The molecule has 9 heteroatoms. The van der Waals surface area contributed by atoms with Gasteiger partial charge in [0.05, 0.1) is 16.3 Å². The van der Waals surface area contributed by atoms with Gasteiger partial charge in [0.2, 0.25) is 10.0 Å². The minimum atomic E-state index is -3.53. The van der Waals surface area contributed by atoms with Gasteiger partial charge in [-0.1, -0.05) is 0 Å². The number of carbonyl (C=O) groups is 1. The van der Waals surface area contributed by atoms with E-state index in [2.05, 4.69) is 10.1 Å². The summed E-state index contributed by atoms with van der Waals surface area (Å²) in [6, 6.07) is 4.35. The number of nitrogens with one attached hydrogen (secondary N) is 1. The number of benzene rings is 1. The zero-order chi connectivity index (χ0) is 15.3. The summed E-state index contributed by atoms with van der Waals surface area (Å²) in [5, 5.41) is 2.88. The summed E-state index contributed by atoms with van der Waals surface area (Å²) in [4.78, 5) is 10.5. The smallest absolute Gasteiger partial charge is 0.404 e. The van der Waals surface area contributed by atoms with Crippen LogP contribution in [0.25, 0.3) is 0 Å². The van der Waals surface area contributed by atoms with Crippen LogP contribution in [0.5, 0.6) is 0 Å². The van der Waals surface area contributed by atoms with Gasteiger partial charge >= 0.3 is 6.09 Å². The van der Waals surface area contributed by atoms with Gasteiger partial charge in [-0.2, -0.15) is 0 Å². The van der Waals surface area contributed by atoms with Crippen LogP contribution in [0, 0.1) is 0 Å². The SMILES string of the molecule is CN(C)S(=O)(=O)c1ccc(N)c(NCCOC(N)=O)c1. The molecule has 0 aromatic heterocycles. The molecular weight excluding hydrogens is 284 g/mol. The molecule has 0 saturated carbocycles. The highest BCUT2D eigenvalue weighted by atomic mass is 32.2. The van der Waals surface area contributed by atoms with Crippen LogP contribution in [-0.2, 0) is 14.8 Å². The zero-order valence-corrected chi connectivity index (χ0v) is 12.1. The molecule has 8 nitrogen and oxygen atoms in total. The number of sulfonamides is 1. The van der Waals surface area contributed by atoms with Crippen molar-refractivity contribution in [2.45, 2.75) is 4.90 Å². The summed E-state index contributed by atoms with van der Waals surface area (Å²) in [7, 11) is -0.640. The first-order valence-corrected chi connectivity index (χ1v) is 7.17. The first kappa shape index (κ1) is 16.1. The molecule has 0 fully saturated rings. The van der Waals surface area contributed by atoms with E-state index in [0.29, 0.717) is 11.4 Å². The van der Waals surface area contributed by atoms with E-state index in [9.17, 15) is 13.2 Å². The molecule has 0 radical (unpaired) electrons. The zero-order valence-electron chi connectivity index (χ0n) is 11.3. The maximum absolute atomic E-state index is 12.0. The lowest BCUT2D eigenvalue weighted by molar-refractivity contribution is 0.161. The van der Waals surface area contributed by atoms with E-state index in [1.54, 1.807) is 0 Å². The third-order valence-electron chi connectivity index (χ3n) is 2.47. The molecule has 112 valence electrons. The minimum Gasteiger partial charge on any atom is -0.448 e. The van der Waals surface area contributed by atoms with Crippen LogP contribution < -0.4 is 16.8 Å². The van der Waals surface area contributed by atoms with Crippen molar-refractivity contribution in [2.24, 2.45) is 5.73 Å². The molecule has 0 saturated heterocycles. The Morgan fingerprint density at radius 2 is 2.05 bits per heavy atom. The van der Waals surface area contributed by atoms with Crippen molar-refractivity contribution in [3.05, 3.63) is 18.2 Å². The van der Waals surface area contributed by atoms with E-state index in [-0.39, 0.29) is 18.0 Å². The molecule has 1 rings (SSSR count). The largest absolute Gasteiger partial charge is 0.448 e. The van der Waals surface area contributed by atoms with Crippen molar-refractivity contribution in [3.63, 3.8) is 0 Å². The maximum atomic E-state index is 12.0. The van der Waals surface area contributed by atoms with Crippen molar-refractivity contribution < 1.29 is 17.9 Å². The number of nitrogen functional groups attached to an aromatic ring is 1. The Bertz CT molecular complexity index is 586. The van der Waals surface area contributed by atoms with Crippen LogP contribution in [0.1, 0.15) is 0 Å². The summed E-state index contributed by atoms with van der Waals surface area (Å²) in [5.41, 5.74) is 11.4. The molecule has 0 unspecified atom stereocenters. The number of hydrogen-bond donors (Lipinski definition) is 3. The molecule has 1 amide bonds. The predicted molar refractivity (Wildman–Crippen MR) is 75.8 cm³/mol. The highest BCUT2D eigenvalue weighted by Crippen LogP contribution is 2.23. The number of amides is 1. The van der Waals surface area contributed by atoms with Crippen molar-refractivity contribution >= 4 is 27.5 Å². The van der Waals surface area contributed by atoms with Crippen LogP contribution in [-0.4, -0.2) is 46.1 Å². The maximum Gasteiger partial charge on any atom is 0.404 e. The minimum absolute atomic E-state index is 0.0550. The standard InChI is InChI=1S/C11H18N4O4S/c1-15(2)20(17,18)8-3-4-9(12)10(7-8)14-5-6-19-11(13)16/h3-4,7,14H,5-6,12H2,1-2H3,(H2,13,16). The number of ether oxygens (including phenoxy) is 1. The number of carbonyl (C=O) groups excluding carboxylic acids is 1. The number of nitrogens with two attached hydrogens (primary N) is 2. The normalized spacial score (nSPS) is 11.3. The summed E-state index contributed by atoms with van der Waals surface area (Å²) < 4.78 is 29.6. The van der Waals surface area contributed by atoms with E-state index in [0.717, 1.165) is 4.31 Å². The highest BCUT2D eigenvalue weighted by molar-refractivity contribution is 7.89. The lowest BCUT2D eigenvalue weighted by atomic mass is 10.2. The van der Waals surface area contributed by atoms with E-state index in [4.69, 9.17) is 11.5 Å². The van der Waals surface area contributed by atoms with Gasteiger partial charge in [0, 0.05) is 20.6 Å². The van der Waals surface area contributed by atoms with Gasteiger partial charge in [-0.3, -0.25) is 0 Å². The van der Waals surface area contributed by atoms with Crippen molar-refractivity contribution in [1.82, 2.24) is 4.31 Å². The molecule has 0 atom stereocenters. The number of hydrogen-bond acceptors (Lipinski definition) is 6. The van der Waals surface area contributed by atoms with Gasteiger partial charge in [0.15, 0.2) is 0 Å². The summed E-state index contributed by atoms with van der Waals surface area (Å²) in [5.74, 6) is 0. The van der Waals surface area contributed by atoms with Crippen LogP contribution in [0.4, 0.5) is 16.2 Å². The molecule has 0 spiro atoms. The second-order valence-corrected chi connectivity index (χ2v) is 6.28. The first-order valence-electron chi connectivity index (χ1n) is 5.73. The second kappa shape index (κ2) is 6.44. The molecule has 0 heterocycles. The lowest BCUT2D eigenvalue weighted by Crippen LogP contribution is -2.22. The van der Waals surface area contributed by atoms with Crippen molar-refractivity contribution in [1.29, 1.82) is 0 Å². The molecule has 1 aromatic carbocycles. The number of anilines is 2. The fourth-order valence-corrected chi connectivity index (χ4v) is 2.33. The van der Waals surface area contributed by atoms with E-state index < -0.39 is 16.1 Å². The Kier molecular flexibility index (Phi) is 5.17. The van der Waals surface area contributed by atoms with Gasteiger partial charge < -0.3 is 21.5 Å². The number of nitrogens with zero attached hydrogens (tertiary/aromatic N) is 1. The van der Waals surface area contributed by atoms with Crippen molar-refractivity contribution in [2.75, 3.05) is 38.3 Å². The molecule has 0 bridgehead atoms. The fourth-order valence-electron chi connectivity index (χ4n) is 1.40. The molecule has 0 aliphatic heterocycles. The van der Waals surface area contributed by atoms with Gasteiger partial charge in [0.1, 0.15) is 6.61 Å². The first-order chi connectivity index (χ1) is 9.25. The van der Waals surface area contributed by atoms with Gasteiger partial charge in [0.25, 0.3) is 0 Å². The van der Waals surface area contributed by atoms with E-state index in [1.165, 1.54) is 32.3 Å². The second-order valence-electron chi connectivity index (χ2n) is 4.13. The third kappa shape index (κ3) is 4.00. The topological polar surface area (TPSA) is 128 Å². The van der Waals surface area contributed by atoms with Crippen LogP contribution in [0.15, 0.2) is 23.1 Å². The monoisotopic (exact) mass is 302 g/mol. The fraction of sp³-hybridized carbons (Fsp3) is 0.364. The molecule has 0 aliphatic rings. The Labute approximate surface area is 117 Å². The molecule has 5 N–H and O–H groups in total. The Morgan fingerprint density at radius 3 is 2.60 bits per heavy atom. The molecule has 20 heavy (non-hydrogen) atoms. The Morgan fingerprint density at radius 1 is 1.40 bits per heavy atom. The summed E-state index contributed by atoms with van der Waals surface area (Å²) in [6.45, 7) is 0.317. The van der Waals surface area contributed by atoms with E-state index >= 15 is 0 Å². The van der Waals surface area contributed by atoms with Gasteiger partial charge in [-0.15, -0.1) is 0 Å². The number of rotatable bonds is 6. The summed E-state index contributed by atoms with van der Waals surface area (Å²) in [6.07, 6.45) is -0.872. The highest BCUT2D eigenvalue weighted by Gasteiger charge is 2.18. The van der Waals surface area contributed by atoms with Gasteiger partial charge in [-0.05, 0) is 18.2 Å². The van der Waals surface area contributed by atoms with Crippen LogP contribution in [0.3, 0.4) is 0 Å². The molecular formula is C11H18N4O4S. The van der Waals surface area contributed by atoms with E-state index in [1.807, 2.05) is 0 Å². The van der Waals surface area contributed by atoms with Gasteiger partial charge in [-0.25, -0.2) is 17.5 Å². The van der Waals surface area contributed by atoms with Crippen LogP contribution >= 0.6 is 0 Å². The quantitative estimate of drug-likeness (QED) is 0.502. The number of primary amides is 1. The third-order valence-corrected chi connectivity index (χ3v) is 4.28.